The van der Waals surface area contributed by atoms with E-state index in [1.807, 2.05) is 19.1 Å². The number of hydrogen-bond donors (Lipinski definition) is 1. The second kappa shape index (κ2) is 4.76. The van der Waals surface area contributed by atoms with E-state index in [-0.39, 0.29) is 0 Å². The Morgan fingerprint density at radius 3 is 2.56 bits per heavy atom. The number of thiophene rings is 1. The summed E-state index contributed by atoms with van der Waals surface area (Å²) in [4.78, 5) is 2.04. The molecule has 0 saturated carbocycles. The lowest BCUT2D eigenvalue weighted by atomic mass is 10.1. The van der Waals surface area contributed by atoms with Gasteiger partial charge in [-0.1, -0.05) is 35.3 Å². The summed E-state index contributed by atoms with van der Waals surface area (Å²) in [7, 11) is 0. The highest BCUT2D eigenvalue weighted by molar-refractivity contribution is 7.12. The van der Waals surface area contributed by atoms with Crippen molar-refractivity contribution >= 4 is 34.5 Å². The van der Waals surface area contributed by atoms with E-state index in [0.717, 1.165) is 9.75 Å². The Hall–Kier alpha value is -0.540. The first-order valence-electron chi connectivity index (χ1n) is 4.78. The minimum Gasteiger partial charge on any atom is -0.383 e. The predicted molar refractivity (Wildman–Crippen MR) is 69.6 cm³/mol. The molecule has 84 valence electrons. The largest absolute Gasteiger partial charge is 0.383 e. The van der Waals surface area contributed by atoms with Gasteiger partial charge in [-0.25, -0.2) is 0 Å². The molecule has 4 heteroatoms. The van der Waals surface area contributed by atoms with Crippen LogP contribution < -0.4 is 0 Å². The average molecular weight is 273 g/mol. The minimum absolute atomic E-state index is 0.419. The van der Waals surface area contributed by atoms with Crippen LogP contribution in [0, 0.1) is 6.92 Å². The second-order valence-electron chi connectivity index (χ2n) is 3.49. The quantitative estimate of drug-likeness (QED) is 0.857. The smallest absolute Gasteiger partial charge is 0.115 e. The highest BCUT2D eigenvalue weighted by Gasteiger charge is 2.16. The molecule has 0 bridgehead atoms. The minimum atomic E-state index is -0.704. The van der Waals surface area contributed by atoms with Gasteiger partial charge in [-0.2, -0.15) is 0 Å². The number of aliphatic hydroxyl groups excluding tert-OH is 1. The van der Waals surface area contributed by atoms with Gasteiger partial charge in [0.15, 0.2) is 0 Å². The zero-order valence-corrected chi connectivity index (χ0v) is 10.9. The monoisotopic (exact) mass is 272 g/mol. The molecule has 16 heavy (non-hydrogen) atoms. The molecule has 0 aliphatic heterocycles. The van der Waals surface area contributed by atoms with Crippen molar-refractivity contribution in [3.63, 3.8) is 0 Å². The predicted octanol–water partition coefficient (Wildman–Crippen LogP) is 4.45. The van der Waals surface area contributed by atoms with Crippen LogP contribution in [-0.4, -0.2) is 5.11 Å². The van der Waals surface area contributed by atoms with Crippen LogP contribution in [0.4, 0.5) is 0 Å². The molecule has 0 fully saturated rings. The molecule has 0 aliphatic rings. The molecule has 0 radical (unpaired) electrons. The Kier molecular flexibility index (Phi) is 3.55. The maximum atomic E-state index is 10.2. The maximum Gasteiger partial charge on any atom is 0.115 e. The molecule has 0 spiro atoms. The molecule has 1 unspecified atom stereocenters. The lowest BCUT2D eigenvalue weighted by Crippen LogP contribution is -1.98. The highest BCUT2D eigenvalue weighted by atomic mass is 35.5. The molecule has 2 rings (SSSR count). The molecule has 0 amide bonds. The summed E-state index contributed by atoms with van der Waals surface area (Å²) in [5.74, 6) is 0. The van der Waals surface area contributed by atoms with Gasteiger partial charge in [0.25, 0.3) is 0 Å². The SMILES string of the molecule is Cc1ccc(C(O)c2cccc(Cl)c2Cl)s1. The average Bonchev–Trinajstić information content (AvgIpc) is 2.68. The molecule has 0 saturated heterocycles. The van der Waals surface area contributed by atoms with Crippen LogP contribution in [0.2, 0.25) is 10.0 Å². The van der Waals surface area contributed by atoms with Crippen LogP contribution in [0.1, 0.15) is 21.4 Å². The van der Waals surface area contributed by atoms with E-state index in [1.165, 1.54) is 0 Å². The zero-order valence-electron chi connectivity index (χ0n) is 8.58. The number of hydrogen-bond acceptors (Lipinski definition) is 2. The van der Waals surface area contributed by atoms with E-state index in [9.17, 15) is 5.11 Å². The first-order chi connectivity index (χ1) is 7.59. The molecule has 1 nitrogen and oxygen atoms in total. The standard InChI is InChI=1S/C12H10Cl2OS/c1-7-5-6-10(16-7)12(15)8-3-2-4-9(13)11(8)14/h2-6,12,15H,1H3. The van der Waals surface area contributed by atoms with E-state index in [4.69, 9.17) is 23.2 Å². The number of aliphatic hydroxyl groups is 1. The van der Waals surface area contributed by atoms with Gasteiger partial charge in [0.1, 0.15) is 6.10 Å². The topological polar surface area (TPSA) is 20.2 Å². The summed E-state index contributed by atoms with van der Waals surface area (Å²) < 4.78 is 0. The summed E-state index contributed by atoms with van der Waals surface area (Å²) in [5, 5.41) is 11.1. The van der Waals surface area contributed by atoms with E-state index < -0.39 is 6.10 Å². The molecule has 1 aromatic heterocycles. The molecule has 1 N–H and O–H groups in total. The third kappa shape index (κ3) is 2.25. The van der Waals surface area contributed by atoms with Gasteiger partial charge >= 0.3 is 0 Å². The lowest BCUT2D eigenvalue weighted by Gasteiger charge is -2.11. The number of halogens is 2. The fourth-order valence-corrected chi connectivity index (χ4v) is 2.78. The summed E-state index contributed by atoms with van der Waals surface area (Å²) >= 11 is 13.5. The second-order valence-corrected chi connectivity index (χ2v) is 5.60. The Morgan fingerprint density at radius 1 is 1.19 bits per heavy atom. The van der Waals surface area contributed by atoms with E-state index >= 15 is 0 Å². The van der Waals surface area contributed by atoms with Gasteiger partial charge in [-0.15, -0.1) is 11.3 Å². The number of aryl methyl sites for hydroxylation is 1. The molecule has 2 aromatic rings. The molecule has 1 atom stereocenters. The van der Waals surface area contributed by atoms with Crippen LogP contribution in [0.5, 0.6) is 0 Å². The number of rotatable bonds is 2. The van der Waals surface area contributed by atoms with Crippen molar-refractivity contribution in [2.75, 3.05) is 0 Å². The first kappa shape index (κ1) is 11.9. The third-order valence-corrected chi connectivity index (χ3v) is 4.19. The lowest BCUT2D eigenvalue weighted by molar-refractivity contribution is 0.224. The van der Waals surface area contributed by atoms with Crippen molar-refractivity contribution in [1.82, 2.24) is 0 Å². The van der Waals surface area contributed by atoms with Gasteiger partial charge in [-0.05, 0) is 25.1 Å². The van der Waals surface area contributed by atoms with Crippen LogP contribution in [-0.2, 0) is 0 Å². The fourth-order valence-electron chi connectivity index (χ4n) is 1.49. The van der Waals surface area contributed by atoms with Crippen LogP contribution >= 0.6 is 34.5 Å². The zero-order chi connectivity index (χ0) is 11.7. The maximum absolute atomic E-state index is 10.2. The summed E-state index contributed by atoms with van der Waals surface area (Å²) in [6.45, 7) is 2.00. The Labute approximate surface area is 108 Å². The van der Waals surface area contributed by atoms with Crippen LogP contribution in [0.25, 0.3) is 0 Å². The summed E-state index contributed by atoms with van der Waals surface area (Å²) in [6.07, 6.45) is -0.704. The molecular formula is C12H10Cl2OS. The van der Waals surface area contributed by atoms with Gasteiger partial charge < -0.3 is 5.11 Å². The first-order valence-corrected chi connectivity index (χ1v) is 6.35. The van der Waals surface area contributed by atoms with E-state index in [2.05, 4.69) is 0 Å². The van der Waals surface area contributed by atoms with Gasteiger partial charge in [0, 0.05) is 15.3 Å². The van der Waals surface area contributed by atoms with Crippen molar-refractivity contribution in [3.8, 4) is 0 Å². The van der Waals surface area contributed by atoms with Crippen molar-refractivity contribution in [3.05, 3.63) is 55.7 Å². The van der Waals surface area contributed by atoms with E-state index in [1.54, 1.807) is 29.5 Å². The van der Waals surface area contributed by atoms with Crippen LogP contribution in [0.3, 0.4) is 0 Å². The third-order valence-electron chi connectivity index (χ3n) is 2.31. The molecule has 0 aliphatic carbocycles. The van der Waals surface area contributed by atoms with Crippen molar-refractivity contribution < 1.29 is 5.11 Å². The fraction of sp³-hybridized carbons (Fsp3) is 0.167. The van der Waals surface area contributed by atoms with Gasteiger partial charge in [0.2, 0.25) is 0 Å². The van der Waals surface area contributed by atoms with Crippen molar-refractivity contribution in [2.24, 2.45) is 0 Å². The highest BCUT2D eigenvalue weighted by Crippen LogP contribution is 2.35. The van der Waals surface area contributed by atoms with Crippen molar-refractivity contribution in [1.29, 1.82) is 0 Å². The summed E-state index contributed by atoms with van der Waals surface area (Å²) in [6, 6.07) is 9.16. The van der Waals surface area contributed by atoms with Gasteiger partial charge in [-0.3, -0.25) is 0 Å². The normalized spacial score (nSPS) is 12.8. The number of benzene rings is 1. The van der Waals surface area contributed by atoms with E-state index in [0.29, 0.717) is 15.6 Å². The Morgan fingerprint density at radius 2 is 1.94 bits per heavy atom. The van der Waals surface area contributed by atoms with Gasteiger partial charge in [0.05, 0.1) is 10.0 Å². The summed E-state index contributed by atoms with van der Waals surface area (Å²) in [5.41, 5.74) is 0.649. The molecule has 1 heterocycles. The Bertz CT molecular complexity index is 507. The van der Waals surface area contributed by atoms with Crippen LogP contribution in [0.15, 0.2) is 30.3 Å². The molecular weight excluding hydrogens is 263 g/mol. The van der Waals surface area contributed by atoms with Crippen molar-refractivity contribution in [2.45, 2.75) is 13.0 Å². The Balaban J connectivity index is 2.41. The molecule has 1 aromatic carbocycles.